The zero-order valence-corrected chi connectivity index (χ0v) is 41.3. The molecule has 1 aliphatic heterocycles. The van der Waals surface area contributed by atoms with E-state index in [-0.39, 0.29) is 118 Å². The molecule has 71 heavy (non-hydrogen) atoms. The van der Waals surface area contributed by atoms with Gasteiger partial charge in [-0.05, 0) is 206 Å². The Morgan fingerprint density at radius 3 is 1.35 bits per heavy atom. The summed E-state index contributed by atoms with van der Waals surface area (Å²) in [6.45, 7) is 22.8. The fourth-order valence-corrected chi connectivity index (χ4v) is 13.9. The number of fused-ring (bicyclic) bond motifs is 5. The van der Waals surface area contributed by atoms with Crippen LogP contribution in [0.3, 0.4) is 0 Å². The number of hydrogen-bond donors (Lipinski definition) is 2. The van der Waals surface area contributed by atoms with Crippen LogP contribution in [0.4, 0.5) is 0 Å². The van der Waals surface area contributed by atoms with Crippen LogP contribution in [-0.2, 0) is 38.1 Å². The number of aliphatic hydroxyl groups excluding tert-OH is 1. The van der Waals surface area contributed by atoms with E-state index in [1.165, 1.54) is 71.3 Å². The van der Waals surface area contributed by atoms with Gasteiger partial charge >= 0.3 is 23.9 Å². The fourth-order valence-electron chi connectivity index (χ4n) is 13.9. The van der Waals surface area contributed by atoms with Crippen LogP contribution >= 0.6 is 0 Å². The van der Waals surface area contributed by atoms with Gasteiger partial charge in [-0.3, -0.25) is 19.2 Å². The van der Waals surface area contributed by atoms with Gasteiger partial charge in [-0.2, -0.15) is 0 Å². The minimum absolute atomic E-state index is 0. The van der Waals surface area contributed by atoms with Crippen molar-refractivity contribution in [3.8, 4) is 0 Å². The van der Waals surface area contributed by atoms with Gasteiger partial charge < -0.3 is 29.2 Å². The first-order valence-corrected chi connectivity index (χ1v) is 24.7. The summed E-state index contributed by atoms with van der Waals surface area (Å²) in [5, 5.41) is 17.6. The second-order valence-corrected chi connectivity index (χ2v) is 24.2. The molecule has 1 heterocycles. The summed E-state index contributed by atoms with van der Waals surface area (Å²) in [4.78, 5) is 47.0. The molecule has 428 valence electrons. The van der Waals surface area contributed by atoms with Gasteiger partial charge in [-0.1, -0.05) is 87.6 Å². The third-order valence-electron chi connectivity index (χ3n) is 18.2. The second-order valence-electron chi connectivity index (χ2n) is 24.2. The van der Waals surface area contributed by atoms with Crippen LogP contribution < -0.4 is 0 Å². The molecule has 0 spiro atoms. The van der Waals surface area contributed by atoms with Crippen LogP contribution in [0.5, 0.6) is 0 Å². The largest absolute Gasteiger partial charge is 0.469 e. The minimum Gasteiger partial charge on any atom is -0.469 e. The maximum atomic E-state index is 12.6. The molecule has 10 saturated carbocycles. The second kappa shape index (κ2) is 29.2. The Labute approximate surface area is 441 Å². The highest BCUT2D eigenvalue weighted by molar-refractivity contribution is 5.77. The molecule has 0 aromatic heterocycles. The van der Waals surface area contributed by atoms with Crippen molar-refractivity contribution in [1.82, 2.24) is 0 Å². The van der Waals surface area contributed by atoms with Crippen LogP contribution in [0.15, 0.2) is 0 Å². The highest BCUT2D eigenvalue weighted by Gasteiger charge is 2.61. The lowest BCUT2D eigenvalue weighted by Gasteiger charge is -2.61. The minimum atomic E-state index is -0.555. The number of rotatable bonds is 9. The molecule has 10 bridgehead atoms. The molecule has 11 fully saturated rings. The lowest BCUT2D eigenvalue weighted by atomic mass is 9.46. The van der Waals surface area contributed by atoms with Crippen molar-refractivity contribution in [2.24, 2.45) is 74.9 Å². The molecular weight excluding hydrogens is 893 g/mol. The lowest BCUT2D eigenvalue weighted by molar-refractivity contribution is -0.225. The van der Waals surface area contributed by atoms with E-state index in [2.05, 4.69) is 25.5 Å². The summed E-state index contributed by atoms with van der Waals surface area (Å²) in [5.74, 6) is 6.13. The molecule has 1 saturated heterocycles. The van der Waals surface area contributed by atoms with Gasteiger partial charge in [0.15, 0.2) is 0 Å². The molecule has 0 radical (unpaired) electrons. The number of ether oxygens (including phenoxy) is 4. The van der Waals surface area contributed by atoms with Gasteiger partial charge in [0.25, 0.3) is 0 Å². The van der Waals surface area contributed by atoms with Gasteiger partial charge in [0.1, 0.15) is 11.2 Å². The smallest absolute Gasteiger partial charge is 0.312 e. The van der Waals surface area contributed by atoms with E-state index in [0.717, 1.165) is 82.3 Å². The van der Waals surface area contributed by atoms with E-state index in [0.29, 0.717) is 36.0 Å². The van der Waals surface area contributed by atoms with E-state index in [1.807, 2.05) is 55.4 Å². The first kappa shape index (κ1) is 77.7. The SMILES string of the molecule is C.C.C.C.C.C.C.C.C.CCC(C)(C)C(=O)OC.CCC(C)(C)C(=O)OC(C)(C)C12CC3CC(CC(C3)C1)C2.CCC(C)(C)C(=O)OC12CC3CC(CC(O)(C3)C1)C2.CO.O=C1OCC2C3CCC(C3)C12. The molecule has 10 nitrogen and oxygen atoms in total. The molecule has 0 aromatic carbocycles. The zero-order valence-electron chi connectivity index (χ0n) is 41.3. The Hall–Kier alpha value is -2.20. The van der Waals surface area contributed by atoms with Crippen molar-refractivity contribution in [1.29, 1.82) is 0 Å². The maximum Gasteiger partial charge on any atom is 0.312 e. The van der Waals surface area contributed by atoms with E-state index < -0.39 is 11.0 Å². The average molecular weight is 1020 g/mol. The van der Waals surface area contributed by atoms with Crippen molar-refractivity contribution in [2.45, 2.75) is 275 Å². The van der Waals surface area contributed by atoms with Crippen molar-refractivity contribution in [2.75, 3.05) is 20.8 Å². The first-order valence-electron chi connectivity index (χ1n) is 24.7. The highest BCUT2D eigenvalue weighted by atomic mass is 16.6. The third kappa shape index (κ3) is 16.6. The summed E-state index contributed by atoms with van der Waals surface area (Å²) in [5.41, 5.74) is -2.06. The topological polar surface area (TPSA) is 146 Å². The van der Waals surface area contributed by atoms with E-state index in [4.69, 9.17) is 19.3 Å². The summed E-state index contributed by atoms with van der Waals surface area (Å²) in [7, 11) is 2.42. The van der Waals surface area contributed by atoms with Crippen molar-refractivity contribution < 1.29 is 48.3 Å². The standard InChI is InChI=1S/C19H32O2.C16H26O3.C9H12O2.C7H14O2.CH4O.9CH4/c1-6-17(2,3)16(20)21-18(4,5)19-10-13-7-14(11-19)9-15(8-13)12-19;1-4-14(2,3)13(17)19-16-8-11-5-12(9-16)7-15(18,6-11)10-16;10-9-8-6-2-1-5(3-6)7(8)4-11-9;1-5-7(2,3)6(8)9-4;1-2;;;;;;;;;/h13-15H,6-12H2,1-5H3;11-12,18H,4-10H2,1-3H3;5-8H,1-4H2;5H2,1-4H3;2H,1H3;9*1H4. The number of hydrogen-bond acceptors (Lipinski definition) is 10. The molecular formula is C61H124O10. The number of carbonyl (C=O) groups excluding carboxylic acids is 4. The van der Waals surface area contributed by atoms with Crippen LogP contribution in [0.2, 0.25) is 0 Å². The Morgan fingerprint density at radius 2 is 0.972 bits per heavy atom. The van der Waals surface area contributed by atoms with Crippen molar-refractivity contribution >= 4 is 23.9 Å². The van der Waals surface area contributed by atoms with Crippen LogP contribution in [0.1, 0.15) is 259 Å². The van der Waals surface area contributed by atoms with Gasteiger partial charge in [0.05, 0.1) is 41.5 Å². The van der Waals surface area contributed by atoms with Crippen molar-refractivity contribution in [3.63, 3.8) is 0 Å². The Kier molecular flexibility index (Phi) is 31.9. The van der Waals surface area contributed by atoms with Crippen molar-refractivity contribution in [3.05, 3.63) is 0 Å². The normalized spacial score (nSPS) is 33.0. The summed E-state index contributed by atoms with van der Waals surface area (Å²) in [6.07, 6.45) is 20.2. The number of cyclic esters (lactones) is 1. The number of aliphatic hydroxyl groups is 2. The monoisotopic (exact) mass is 1020 g/mol. The zero-order chi connectivity index (χ0) is 46.3. The predicted octanol–water partition coefficient (Wildman–Crippen LogP) is 16.1. The molecule has 6 unspecified atom stereocenters. The Bertz CT molecular complexity index is 1540. The summed E-state index contributed by atoms with van der Waals surface area (Å²) in [6, 6.07) is 0. The number of carbonyl (C=O) groups is 4. The maximum absolute atomic E-state index is 12.6. The highest BCUT2D eigenvalue weighted by Crippen LogP contribution is 2.65. The van der Waals surface area contributed by atoms with Crippen LogP contribution in [0.25, 0.3) is 0 Å². The average Bonchev–Trinajstić information content (AvgIpc) is 3.93. The first-order chi connectivity index (χ1) is 28.8. The van der Waals surface area contributed by atoms with Gasteiger partial charge in [0.2, 0.25) is 0 Å². The van der Waals surface area contributed by atoms with E-state index >= 15 is 0 Å². The third-order valence-corrected chi connectivity index (χ3v) is 18.2. The number of methoxy groups -OCH3 is 1. The van der Waals surface area contributed by atoms with E-state index in [9.17, 15) is 24.3 Å². The molecule has 0 aromatic rings. The van der Waals surface area contributed by atoms with Gasteiger partial charge in [0, 0.05) is 24.9 Å². The summed E-state index contributed by atoms with van der Waals surface area (Å²) >= 11 is 0. The Balaban J connectivity index is -0.000000269. The molecule has 11 aliphatic rings. The quantitative estimate of drug-likeness (QED) is 0.169. The fraction of sp³-hybridized carbons (Fsp3) is 0.934. The van der Waals surface area contributed by atoms with Gasteiger partial charge in [-0.25, -0.2) is 0 Å². The lowest BCUT2D eigenvalue weighted by Crippen LogP contribution is -2.61. The molecule has 11 rings (SSSR count). The van der Waals surface area contributed by atoms with Crippen LogP contribution in [-0.4, -0.2) is 71.7 Å². The molecule has 2 N–H and O–H groups in total. The Morgan fingerprint density at radius 1 is 0.577 bits per heavy atom. The van der Waals surface area contributed by atoms with Gasteiger partial charge in [-0.15, -0.1) is 0 Å². The number of esters is 4. The molecule has 0 amide bonds. The molecule has 10 aliphatic carbocycles. The molecule has 6 atom stereocenters. The predicted molar refractivity (Wildman–Crippen MR) is 301 cm³/mol. The summed E-state index contributed by atoms with van der Waals surface area (Å²) < 4.78 is 21.7. The van der Waals surface area contributed by atoms with Crippen LogP contribution in [0, 0.1) is 74.9 Å². The van der Waals surface area contributed by atoms with E-state index in [1.54, 1.807) is 0 Å². The molecule has 10 heteroatoms.